The maximum absolute atomic E-state index is 13.4. The molecule has 0 saturated heterocycles. The van der Waals surface area contributed by atoms with Crippen molar-refractivity contribution in [3.8, 4) is 5.69 Å². The Balaban J connectivity index is 1.71. The van der Waals surface area contributed by atoms with Crippen molar-refractivity contribution < 1.29 is 18.7 Å². The van der Waals surface area contributed by atoms with E-state index < -0.39 is 23.3 Å². The highest BCUT2D eigenvalue weighted by molar-refractivity contribution is 5.96. The van der Waals surface area contributed by atoms with Gasteiger partial charge < -0.3 is 9.64 Å². The van der Waals surface area contributed by atoms with Crippen LogP contribution in [0.4, 0.5) is 4.39 Å². The van der Waals surface area contributed by atoms with Gasteiger partial charge in [-0.05, 0) is 42.8 Å². The molecule has 0 unspecified atom stereocenters. The van der Waals surface area contributed by atoms with Crippen LogP contribution < -0.4 is 5.56 Å². The fourth-order valence-corrected chi connectivity index (χ4v) is 3.88. The molecular formula is C22H21FN4O4. The van der Waals surface area contributed by atoms with Gasteiger partial charge in [-0.15, -0.1) is 0 Å². The highest BCUT2D eigenvalue weighted by atomic mass is 19.1. The van der Waals surface area contributed by atoms with E-state index in [4.69, 9.17) is 4.74 Å². The lowest BCUT2D eigenvalue weighted by Crippen LogP contribution is -2.40. The third kappa shape index (κ3) is 3.52. The molecule has 1 aliphatic heterocycles. The second kappa shape index (κ2) is 7.82. The molecular weight excluding hydrogens is 403 g/mol. The van der Waals surface area contributed by atoms with Crippen molar-refractivity contribution in [2.75, 3.05) is 13.7 Å². The van der Waals surface area contributed by atoms with Crippen LogP contribution in [0.1, 0.15) is 37.7 Å². The SMILES string of the molecule is COC(=O)c1nn(C)c2c1CN(C(=O)c1c(C)ccn(-c3ccc(F)cc3)c1=O)CC2. The standard InChI is InChI=1S/C22H21FN4O4/c1-13-8-11-27(15-6-4-14(23)5-7-15)21(29)18(13)20(28)26-10-9-17-16(12-26)19(22(30)31-3)24-25(17)2/h4-8,11H,9-10,12H2,1-3H3. The minimum atomic E-state index is -0.569. The summed E-state index contributed by atoms with van der Waals surface area (Å²) < 4.78 is 21.0. The van der Waals surface area contributed by atoms with Crippen LogP contribution in [0.2, 0.25) is 0 Å². The number of fused-ring (bicyclic) bond motifs is 1. The van der Waals surface area contributed by atoms with E-state index in [1.807, 2.05) is 0 Å². The van der Waals surface area contributed by atoms with Crippen LogP contribution in [0.15, 0.2) is 41.3 Å². The van der Waals surface area contributed by atoms with Crippen molar-refractivity contribution >= 4 is 11.9 Å². The predicted molar refractivity (Wildman–Crippen MR) is 110 cm³/mol. The van der Waals surface area contributed by atoms with E-state index in [1.54, 1.807) is 30.9 Å². The molecule has 8 nitrogen and oxygen atoms in total. The maximum atomic E-state index is 13.4. The molecule has 0 atom stereocenters. The number of halogens is 1. The summed E-state index contributed by atoms with van der Waals surface area (Å²) in [5.41, 5.74) is 2.21. The average molecular weight is 424 g/mol. The van der Waals surface area contributed by atoms with Crippen LogP contribution in [-0.2, 0) is 24.8 Å². The second-order valence-corrected chi connectivity index (χ2v) is 7.39. The number of benzene rings is 1. The van der Waals surface area contributed by atoms with E-state index in [1.165, 1.54) is 40.8 Å². The molecule has 0 bridgehead atoms. The number of esters is 1. The number of rotatable bonds is 3. The van der Waals surface area contributed by atoms with Gasteiger partial charge in [0.25, 0.3) is 11.5 Å². The fraction of sp³-hybridized carbons (Fsp3) is 0.273. The number of aryl methyl sites for hydroxylation is 2. The van der Waals surface area contributed by atoms with Crippen LogP contribution in [0, 0.1) is 12.7 Å². The minimum absolute atomic E-state index is 0.0405. The van der Waals surface area contributed by atoms with Gasteiger partial charge in [-0.1, -0.05) is 0 Å². The zero-order valence-electron chi connectivity index (χ0n) is 17.4. The summed E-state index contributed by atoms with van der Waals surface area (Å²) in [4.78, 5) is 40.2. The van der Waals surface area contributed by atoms with Crippen LogP contribution in [0.5, 0.6) is 0 Å². The summed E-state index contributed by atoms with van der Waals surface area (Å²) in [7, 11) is 3.02. The Morgan fingerprint density at radius 3 is 2.55 bits per heavy atom. The van der Waals surface area contributed by atoms with E-state index in [9.17, 15) is 18.8 Å². The Morgan fingerprint density at radius 1 is 1.16 bits per heavy atom. The Kier molecular flexibility index (Phi) is 5.18. The van der Waals surface area contributed by atoms with Gasteiger partial charge in [-0.3, -0.25) is 18.8 Å². The Labute approximate surface area is 177 Å². The topological polar surface area (TPSA) is 86.4 Å². The molecule has 4 rings (SSSR count). The van der Waals surface area contributed by atoms with Crippen LogP contribution >= 0.6 is 0 Å². The van der Waals surface area contributed by atoms with Gasteiger partial charge in [0, 0.05) is 43.2 Å². The summed E-state index contributed by atoms with van der Waals surface area (Å²) in [6.45, 7) is 2.23. The minimum Gasteiger partial charge on any atom is -0.464 e. The highest BCUT2D eigenvalue weighted by Crippen LogP contribution is 2.24. The quantitative estimate of drug-likeness (QED) is 0.601. The van der Waals surface area contributed by atoms with Crippen molar-refractivity contribution in [2.24, 2.45) is 7.05 Å². The third-order valence-corrected chi connectivity index (χ3v) is 5.53. The number of hydrogen-bond acceptors (Lipinski definition) is 5. The largest absolute Gasteiger partial charge is 0.464 e. The number of pyridine rings is 1. The predicted octanol–water partition coefficient (Wildman–Crippen LogP) is 2.00. The molecule has 0 spiro atoms. The zero-order valence-corrected chi connectivity index (χ0v) is 17.4. The van der Waals surface area contributed by atoms with Gasteiger partial charge in [0.05, 0.1) is 13.7 Å². The van der Waals surface area contributed by atoms with E-state index in [2.05, 4.69) is 5.10 Å². The van der Waals surface area contributed by atoms with Crippen LogP contribution in [0.3, 0.4) is 0 Å². The molecule has 0 N–H and O–H groups in total. The lowest BCUT2D eigenvalue weighted by Gasteiger charge is -2.28. The number of carbonyl (C=O) groups is 2. The Bertz CT molecular complexity index is 1240. The van der Waals surface area contributed by atoms with Crippen molar-refractivity contribution in [3.63, 3.8) is 0 Å². The first-order valence-electron chi connectivity index (χ1n) is 9.72. The number of aromatic nitrogens is 3. The van der Waals surface area contributed by atoms with E-state index in [0.29, 0.717) is 29.8 Å². The fourth-order valence-electron chi connectivity index (χ4n) is 3.88. The van der Waals surface area contributed by atoms with Gasteiger partial charge in [0.1, 0.15) is 11.4 Å². The monoisotopic (exact) mass is 424 g/mol. The molecule has 3 heterocycles. The molecule has 1 amide bonds. The lowest BCUT2D eigenvalue weighted by molar-refractivity contribution is 0.0586. The molecule has 1 aliphatic rings. The normalized spacial score (nSPS) is 13.1. The number of carbonyl (C=O) groups excluding carboxylic acids is 2. The first kappa shape index (κ1) is 20.5. The van der Waals surface area contributed by atoms with Crippen LogP contribution in [-0.4, -0.2) is 44.8 Å². The van der Waals surface area contributed by atoms with E-state index in [0.717, 1.165) is 5.69 Å². The van der Waals surface area contributed by atoms with Crippen LogP contribution in [0.25, 0.3) is 5.69 Å². The molecule has 9 heteroatoms. The van der Waals surface area contributed by atoms with Gasteiger partial charge in [0.2, 0.25) is 0 Å². The molecule has 2 aromatic heterocycles. The van der Waals surface area contributed by atoms with Gasteiger partial charge in [-0.2, -0.15) is 5.10 Å². The van der Waals surface area contributed by atoms with Crippen molar-refractivity contribution in [1.29, 1.82) is 0 Å². The third-order valence-electron chi connectivity index (χ3n) is 5.53. The number of ether oxygens (including phenoxy) is 1. The highest BCUT2D eigenvalue weighted by Gasteiger charge is 2.31. The lowest BCUT2D eigenvalue weighted by atomic mass is 10.0. The molecule has 0 saturated carbocycles. The number of methoxy groups -OCH3 is 1. The van der Waals surface area contributed by atoms with E-state index >= 15 is 0 Å². The summed E-state index contributed by atoms with van der Waals surface area (Å²) in [5.74, 6) is -1.41. The second-order valence-electron chi connectivity index (χ2n) is 7.39. The Hall–Kier alpha value is -3.75. The molecule has 0 aliphatic carbocycles. The van der Waals surface area contributed by atoms with Gasteiger partial charge in [0.15, 0.2) is 5.69 Å². The summed E-state index contributed by atoms with van der Waals surface area (Å²) in [5, 5.41) is 4.23. The molecule has 3 aromatic rings. The van der Waals surface area contributed by atoms with E-state index in [-0.39, 0.29) is 17.8 Å². The average Bonchev–Trinajstić information content (AvgIpc) is 3.10. The summed E-state index contributed by atoms with van der Waals surface area (Å²) in [6.07, 6.45) is 2.06. The van der Waals surface area contributed by atoms with Crippen molar-refractivity contribution in [3.05, 3.63) is 80.8 Å². The molecule has 1 aromatic carbocycles. The Morgan fingerprint density at radius 2 is 1.87 bits per heavy atom. The number of nitrogens with zero attached hydrogens (tertiary/aromatic N) is 4. The summed E-state index contributed by atoms with van der Waals surface area (Å²) >= 11 is 0. The first-order chi connectivity index (χ1) is 14.8. The number of amides is 1. The van der Waals surface area contributed by atoms with Gasteiger partial charge in [-0.25, -0.2) is 9.18 Å². The molecule has 0 radical (unpaired) electrons. The maximum Gasteiger partial charge on any atom is 0.358 e. The van der Waals surface area contributed by atoms with Gasteiger partial charge >= 0.3 is 5.97 Å². The molecule has 160 valence electrons. The smallest absolute Gasteiger partial charge is 0.358 e. The molecule has 0 fully saturated rings. The first-order valence-corrected chi connectivity index (χ1v) is 9.72. The summed E-state index contributed by atoms with van der Waals surface area (Å²) in [6, 6.07) is 7.15. The van der Waals surface area contributed by atoms with Crippen molar-refractivity contribution in [2.45, 2.75) is 19.9 Å². The number of hydrogen-bond donors (Lipinski definition) is 0. The zero-order chi connectivity index (χ0) is 22.3. The molecule has 31 heavy (non-hydrogen) atoms. The van der Waals surface area contributed by atoms with Crippen molar-refractivity contribution in [1.82, 2.24) is 19.2 Å².